The van der Waals surface area contributed by atoms with Gasteiger partial charge in [0.05, 0.1) is 0 Å². The average molecular weight is 356 g/mol. The first-order valence-corrected chi connectivity index (χ1v) is 8.92. The molecular weight excluding hydrogens is 331 g/mol. The highest BCUT2D eigenvalue weighted by Gasteiger charge is 2.25. The lowest BCUT2D eigenvalue weighted by atomic mass is 10.0. The minimum absolute atomic E-state index is 0.115. The van der Waals surface area contributed by atoms with Crippen molar-refractivity contribution < 1.29 is 14.0 Å². The van der Waals surface area contributed by atoms with Crippen molar-refractivity contribution in [3.05, 3.63) is 71.5 Å². The van der Waals surface area contributed by atoms with E-state index in [1.54, 1.807) is 17.0 Å². The molecule has 26 heavy (non-hydrogen) atoms. The molecule has 4 nitrogen and oxygen atoms in total. The summed E-state index contributed by atoms with van der Waals surface area (Å²) in [5.74, 6) is -0.618. The van der Waals surface area contributed by atoms with Gasteiger partial charge in [0.1, 0.15) is 11.9 Å². The molecule has 2 amide bonds. The van der Waals surface area contributed by atoms with E-state index >= 15 is 0 Å². The molecule has 0 spiro atoms. The molecule has 2 rings (SSSR count). The molecule has 0 bridgehead atoms. The molecule has 0 aliphatic rings. The van der Waals surface area contributed by atoms with E-state index in [-0.39, 0.29) is 24.1 Å². The first-order chi connectivity index (χ1) is 12.5. The summed E-state index contributed by atoms with van der Waals surface area (Å²) in [6.07, 6.45) is 0.730. The summed E-state index contributed by atoms with van der Waals surface area (Å²) in [5.41, 5.74) is 1.65. The van der Waals surface area contributed by atoms with Crippen LogP contribution in [0.1, 0.15) is 37.4 Å². The Balaban J connectivity index is 2.06. The van der Waals surface area contributed by atoms with E-state index in [2.05, 4.69) is 5.32 Å². The highest BCUT2D eigenvalue weighted by Crippen LogP contribution is 2.16. The Morgan fingerprint density at radius 3 is 2.19 bits per heavy atom. The Kier molecular flexibility index (Phi) is 7.33. The van der Waals surface area contributed by atoms with Gasteiger partial charge in [0.15, 0.2) is 0 Å². The summed E-state index contributed by atoms with van der Waals surface area (Å²) in [4.78, 5) is 26.9. The maximum Gasteiger partial charge on any atom is 0.249 e. The molecule has 0 aliphatic carbocycles. The third kappa shape index (κ3) is 5.41. The number of carbonyl (C=O) groups excluding carboxylic acids is 2. The molecule has 1 atom stereocenters. The fraction of sp³-hybridized carbons (Fsp3) is 0.333. The van der Waals surface area contributed by atoms with Crippen molar-refractivity contribution in [2.75, 3.05) is 13.1 Å². The second-order valence-corrected chi connectivity index (χ2v) is 6.05. The van der Waals surface area contributed by atoms with Gasteiger partial charge in [0.25, 0.3) is 0 Å². The van der Waals surface area contributed by atoms with Crippen molar-refractivity contribution in [3.63, 3.8) is 0 Å². The van der Waals surface area contributed by atoms with Gasteiger partial charge in [0.2, 0.25) is 11.8 Å². The lowest BCUT2D eigenvalue weighted by Crippen LogP contribution is -2.42. The Bertz CT molecular complexity index is 713. The number of nitrogens with one attached hydrogen (secondary N) is 1. The van der Waals surface area contributed by atoms with Crippen LogP contribution < -0.4 is 5.32 Å². The molecule has 0 saturated heterocycles. The first-order valence-electron chi connectivity index (χ1n) is 8.92. The van der Waals surface area contributed by atoms with Crippen LogP contribution in [-0.2, 0) is 16.0 Å². The number of nitrogens with zero attached hydrogens (tertiary/aromatic N) is 1. The highest BCUT2D eigenvalue weighted by atomic mass is 19.1. The van der Waals surface area contributed by atoms with E-state index in [4.69, 9.17) is 0 Å². The van der Waals surface area contributed by atoms with Crippen LogP contribution in [0.3, 0.4) is 0 Å². The van der Waals surface area contributed by atoms with Crippen LogP contribution in [0.25, 0.3) is 0 Å². The van der Waals surface area contributed by atoms with Gasteiger partial charge >= 0.3 is 0 Å². The van der Waals surface area contributed by atoms with E-state index in [0.29, 0.717) is 19.5 Å². The van der Waals surface area contributed by atoms with E-state index in [0.717, 1.165) is 11.1 Å². The lowest BCUT2D eigenvalue weighted by Gasteiger charge is -2.26. The Morgan fingerprint density at radius 2 is 1.62 bits per heavy atom. The van der Waals surface area contributed by atoms with Gasteiger partial charge in [-0.25, -0.2) is 4.39 Å². The zero-order valence-electron chi connectivity index (χ0n) is 15.2. The zero-order valence-corrected chi connectivity index (χ0v) is 15.2. The van der Waals surface area contributed by atoms with Gasteiger partial charge in [-0.2, -0.15) is 0 Å². The van der Waals surface area contributed by atoms with E-state index in [1.165, 1.54) is 12.1 Å². The standard InChI is InChI=1S/C21H25FN2O2/c1-3-24(4-2)21(26)20(17-8-6-5-7-9-17)23-19(25)15-12-16-10-13-18(22)14-11-16/h5-11,13-14,20H,3-4,12,15H2,1-2H3,(H,23,25). The molecule has 0 radical (unpaired) electrons. The first kappa shape index (κ1) is 19.6. The van der Waals surface area contributed by atoms with E-state index < -0.39 is 6.04 Å². The molecule has 1 unspecified atom stereocenters. The van der Waals surface area contributed by atoms with Gasteiger partial charge in [0, 0.05) is 19.5 Å². The van der Waals surface area contributed by atoms with Crippen LogP contribution in [0, 0.1) is 5.82 Å². The number of carbonyl (C=O) groups is 2. The molecule has 0 saturated carbocycles. The van der Waals surface area contributed by atoms with Crippen LogP contribution in [0.2, 0.25) is 0 Å². The second-order valence-electron chi connectivity index (χ2n) is 6.05. The molecule has 138 valence electrons. The second kappa shape index (κ2) is 9.70. The summed E-state index contributed by atoms with van der Waals surface area (Å²) in [5, 5.41) is 2.86. The predicted octanol–water partition coefficient (Wildman–Crippen LogP) is 3.48. The minimum atomic E-state index is -0.697. The van der Waals surface area contributed by atoms with Crippen LogP contribution in [0.4, 0.5) is 4.39 Å². The van der Waals surface area contributed by atoms with Crippen molar-refractivity contribution in [2.45, 2.75) is 32.7 Å². The van der Waals surface area contributed by atoms with Crippen LogP contribution in [-0.4, -0.2) is 29.8 Å². The summed E-state index contributed by atoms with van der Waals surface area (Å²) in [7, 11) is 0. The maximum atomic E-state index is 13.0. The lowest BCUT2D eigenvalue weighted by molar-refractivity contribution is -0.136. The SMILES string of the molecule is CCN(CC)C(=O)C(NC(=O)CCc1ccc(F)cc1)c1ccccc1. The molecule has 0 aliphatic heterocycles. The van der Waals surface area contributed by atoms with Crippen molar-refractivity contribution in [1.29, 1.82) is 0 Å². The highest BCUT2D eigenvalue weighted by molar-refractivity contribution is 5.88. The maximum absolute atomic E-state index is 13.0. The van der Waals surface area contributed by atoms with Crippen LogP contribution in [0.5, 0.6) is 0 Å². The Labute approximate surface area is 154 Å². The van der Waals surface area contributed by atoms with Gasteiger partial charge in [-0.15, -0.1) is 0 Å². The Hall–Kier alpha value is -2.69. The number of benzene rings is 2. The fourth-order valence-electron chi connectivity index (χ4n) is 2.79. The summed E-state index contributed by atoms with van der Waals surface area (Å²) >= 11 is 0. The molecule has 0 fully saturated rings. The van der Waals surface area contributed by atoms with E-state index in [1.807, 2.05) is 44.2 Å². The number of aryl methyl sites for hydroxylation is 1. The van der Waals surface area contributed by atoms with Gasteiger partial charge in [-0.3, -0.25) is 9.59 Å². The van der Waals surface area contributed by atoms with Crippen LogP contribution in [0.15, 0.2) is 54.6 Å². The largest absolute Gasteiger partial charge is 0.341 e. The molecule has 5 heteroatoms. The third-order valence-corrected chi connectivity index (χ3v) is 4.31. The van der Waals surface area contributed by atoms with Crippen molar-refractivity contribution in [1.82, 2.24) is 10.2 Å². The minimum Gasteiger partial charge on any atom is -0.341 e. The third-order valence-electron chi connectivity index (χ3n) is 4.31. The monoisotopic (exact) mass is 356 g/mol. The summed E-state index contributed by atoms with van der Waals surface area (Å²) in [6.45, 7) is 5.01. The molecular formula is C21H25FN2O2. The van der Waals surface area contributed by atoms with Gasteiger partial charge < -0.3 is 10.2 Å². The fourth-order valence-corrected chi connectivity index (χ4v) is 2.79. The molecule has 2 aromatic rings. The topological polar surface area (TPSA) is 49.4 Å². The Morgan fingerprint density at radius 1 is 1.00 bits per heavy atom. The number of likely N-dealkylation sites (N-methyl/N-ethyl adjacent to an activating group) is 1. The molecule has 0 heterocycles. The van der Waals surface area contributed by atoms with E-state index in [9.17, 15) is 14.0 Å². The molecule has 1 N–H and O–H groups in total. The molecule has 2 aromatic carbocycles. The number of halogens is 1. The smallest absolute Gasteiger partial charge is 0.249 e. The average Bonchev–Trinajstić information content (AvgIpc) is 2.67. The van der Waals surface area contributed by atoms with Crippen molar-refractivity contribution in [2.24, 2.45) is 0 Å². The quantitative estimate of drug-likeness (QED) is 0.787. The zero-order chi connectivity index (χ0) is 18.9. The molecule has 0 aromatic heterocycles. The predicted molar refractivity (Wildman–Crippen MR) is 100.0 cm³/mol. The van der Waals surface area contributed by atoms with Gasteiger partial charge in [-0.05, 0) is 43.5 Å². The summed E-state index contributed by atoms with van der Waals surface area (Å²) < 4.78 is 13.0. The van der Waals surface area contributed by atoms with Crippen LogP contribution >= 0.6 is 0 Å². The number of rotatable bonds is 8. The van der Waals surface area contributed by atoms with Crippen molar-refractivity contribution in [3.8, 4) is 0 Å². The normalized spacial score (nSPS) is 11.7. The summed E-state index contributed by atoms with van der Waals surface area (Å²) in [6, 6.07) is 14.6. The number of hydrogen-bond donors (Lipinski definition) is 1. The van der Waals surface area contributed by atoms with Gasteiger partial charge in [-0.1, -0.05) is 42.5 Å². The number of hydrogen-bond acceptors (Lipinski definition) is 2. The van der Waals surface area contributed by atoms with Crippen molar-refractivity contribution >= 4 is 11.8 Å². The number of amides is 2.